The van der Waals surface area contributed by atoms with Gasteiger partial charge < -0.3 is 0 Å². The normalized spacial score (nSPS) is 11.1. The van der Waals surface area contributed by atoms with Crippen molar-refractivity contribution in [1.82, 2.24) is 4.98 Å². The molecule has 16 heavy (non-hydrogen) atoms. The van der Waals surface area contributed by atoms with Crippen molar-refractivity contribution in [3.63, 3.8) is 0 Å². The summed E-state index contributed by atoms with van der Waals surface area (Å²) in [5.74, 6) is 0. The molecule has 1 nitrogen and oxygen atoms in total. The molecule has 78 valence electrons. The molecule has 0 N–H and O–H groups in total. The molecule has 0 amide bonds. The second kappa shape index (κ2) is 3.31. The second-order valence-electron chi connectivity index (χ2n) is 4.38. The van der Waals surface area contributed by atoms with Gasteiger partial charge in [-0.3, -0.25) is 4.98 Å². The van der Waals surface area contributed by atoms with Gasteiger partial charge in [-0.05, 0) is 53.8 Å². The monoisotopic (exact) mass is 207 g/mol. The Bertz CT molecular complexity index is 683. The summed E-state index contributed by atoms with van der Waals surface area (Å²) in [5.41, 5.74) is 2.65. The zero-order valence-corrected chi connectivity index (χ0v) is 9.49. The molecule has 0 spiro atoms. The van der Waals surface area contributed by atoms with E-state index in [-0.39, 0.29) is 0 Å². The first kappa shape index (κ1) is 9.34. The zero-order chi connectivity index (χ0) is 11.1. The van der Waals surface area contributed by atoms with Crippen LogP contribution < -0.4 is 0 Å². The molecule has 1 heteroatoms. The first-order valence-electron chi connectivity index (χ1n) is 5.49. The van der Waals surface area contributed by atoms with Crippen molar-refractivity contribution < 1.29 is 0 Å². The van der Waals surface area contributed by atoms with Gasteiger partial charge in [0.15, 0.2) is 0 Å². The molecule has 0 aliphatic rings. The fourth-order valence-corrected chi connectivity index (χ4v) is 2.32. The van der Waals surface area contributed by atoms with Crippen LogP contribution in [-0.2, 0) is 0 Å². The molecular weight excluding hydrogens is 194 g/mol. The quantitative estimate of drug-likeness (QED) is 0.508. The fourth-order valence-electron chi connectivity index (χ4n) is 2.32. The van der Waals surface area contributed by atoms with Crippen LogP contribution in [0.2, 0.25) is 0 Å². The van der Waals surface area contributed by atoms with E-state index in [2.05, 4.69) is 49.2 Å². The molecule has 0 fully saturated rings. The van der Waals surface area contributed by atoms with Crippen molar-refractivity contribution in [3.8, 4) is 0 Å². The molecule has 0 bridgehead atoms. The lowest BCUT2D eigenvalue weighted by Crippen LogP contribution is -1.83. The molecule has 0 radical (unpaired) electrons. The lowest BCUT2D eigenvalue weighted by atomic mass is 9.99. The van der Waals surface area contributed by atoms with Gasteiger partial charge in [0, 0.05) is 17.8 Å². The van der Waals surface area contributed by atoms with Gasteiger partial charge in [-0.2, -0.15) is 0 Å². The van der Waals surface area contributed by atoms with E-state index in [1.807, 2.05) is 12.4 Å². The highest BCUT2D eigenvalue weighted by Gasteiger charge is 2.01. The summed E-state index contributed by atoms with van der Waals surface area (Å²) in [6.07, 6.45) is 3.77. The zero-order valence-electron chi connectivity index (χ0n) is 9.49. The Morgan fingerprint density at radius 3 is 2.62 bits per heavy atom. The highest BCUT2D eigenvalue weighted by molar-refractivity contribution is 5.99. The van der Waals surface area contributed by atoms with Crippen LogP contribution in [0.1, 0.15) is 11.1 Å². The van der Waals surface area contributed by atoms with Crippen molar-refractivity contribution >= 4 is 21.5 Å². The van der Waals surface area contributed by atoms with Crippen molar-refractivity contribution in [2.24, 2.45) is 0 Å². The van der Waals surface area contributed by atoms with Crippen LogP contribution in [0.3, 0.4) is 0 Å². The van der Waals surface area contributed by atoms with Crippen molar-refractivity contribution in [2.45, 2.75) is 13.8 Å². The van der Waals surface area contributed by atoms with Crippen molar-refractivity contribution in [3.05, 3.63) is 53.9 Å². The Kier molecular flexibility index (Phi) is 1.93. The summed E-state index contributed by atoms with van der Waals surface area (Å²) >= 11 is 0. The maximum Gasteiger partial charge on any atom is 0.0346 e. The summed E-state index contributed by atoms with van der Waals surface area (Å²) in [5, 5.41) is 5.11. The molecule has 0 atom stereocenters. The number of benzene rings is 2. The number of rotatable bonds is 0. The first-order chi connectivity index (χ1) is 7.74. The molecule has 0 aliphatic carbocycles. The average molecular weight is 207 g/mol. The number of nitrogens with zero attached hydrogens (tertiary/aromatic N) is 1. The van der Waals surface area contributed by atoms with Crippen LogP contribution >= 0.6 is 0 Å². The summed E-state index contributed by atoms with van der Waals surface area (Å²) in [4.78, 5) is 4.16. The third-order valence-electron chi connectivity index (χ3n) is 3.06. The van der Waals surface area contributed by atoms with Gasteiger partial charge in [0.05, 0.1) is 0 Å². The lowest BCUT2D eigenvalue weighted by Gasteiger charge is -2.06. The maximum absolute atomic E-state index is 4.16. The third kappa shape index (κ3) is 1.36. The van der Waals surface area contributed by atoms with Gasteiger partial charge in [0.2, 0.25) is 0 Å². The van der Waals surface area contributed by atoms with E-state index >= 15 is 0 Å². The number of aryl methyl sites for hydroxylation is 2. The highest BCUT2D eigenvalue weighted by atomic mass is 14.6. The van der Waals surface area contributed by atoms with E-state index < -0.39 is 0 Å². The predicted molar refractivity (Wildman–Crippen MR) is 68.7 cm³/mol. The molecule has 1 aromatic heterocycles. The minimum Gasteiger partial charge on any atom is -0.264 e. The highest BCUT2D eigenvalue weighted by Crippen LogP contribution is 2.25. The summed E-state index contributed by atoms with van der Waals surface area (Å²) in [6.45, 7) is 4.31. The number of pyridine rings is 1. The largest absolute Gasteiger partial charge is 0.264 e. The van der Waals surface area contributed by atoms with Crippen molar-refractivity contribution in [1.29, 1.82) is 0 Å². The molecule has 1 heterocycles. The molecule has 0 saturated heterocycles. The minimum absolute atomic E-state index is 1.21. The number of aromatic nitrogens is 1. The van der Waals surface area contributed by atoms with Gasteiger partial charge in [0.25, 0.3) is 0 Å². The van der Waals surface area contributed by atoms with Crippen LogP contribution in [0.5, 0.6) is 0 Å². The van der Waals surface area contributed by atoms with Gasteiger partial charge >= 0.3 is 0 Å². The average Bonchev–Trinajstić information content (AvgIpc) is 2.27. The summed E-state index contributed by atoms with van der Waals surface area (Å²) in [6, 6.07) is 11.0. The van der Waals surface area contributed by atoms with Gasteiger partial charge in [0.1, 0.15) is 0 Å². The standard InChI is InChI=1S/C15H13N/c1-10-5-11(2)15-8-12-3-4-16-9-14(12)7-13(15)6-10/h3-9H,1-2H3. The van der Waals surface area contributed by atoms with Gasteiger partial charge in [-0.15, -0.1) is 0 Å². The third-order valence-corrected chi connectivity index (χ3v) is 3.06. The summed E-state index contributed by atoms with van der Waals surface area (Å²) < 4.78 is 0. The van der Waals surface area contributed by atoms with E-state index in [1.54, 1.807) is 0 Å². The topological polar surface area (TPSA) is 12.9 Å². The Labute approximate surface area is 94.7 Å². The van der Waals surface area contributed by atoms with Gasteiger partial charge in [-0.25, -0.2) is 0 Å². The first-order valence-corrected chi connectivity index (χ1v) is 5.49. The Morgan fingerprint density at radius 2 is 1.75 bits per heavy atom. The Hall–Kier alpha value is -1.89. The van der Waals surface area contributed by atoms with E-state index in [0.717, 1.165) is 0 Å². The predicted octanol–water partition coefficient (Wildman–Crippen LogP) is 4.00. The maximum atomic E-state index is 4.16. The number of hydrogen-bond acceptors (Lipinski definition) is 1. The fraction of sp³-hybridized carbons (Fsp3) is 0.133. The van der Waals surface area contributed by atoms with Crippen LogP contribution in [-0.4, -0.2) is 4.98 Å². The van der Waals surface area contributed by atoms with Crippen LogP contribution in [0, 0.1) is 13.8 Å². The molecule has 0 aliphatic heterocycles. The Morgan fingerprint density at radius 1 is 0.875 bits per heavy atom. The smallest absolute Gasteiger partial charge is 0.0346 e. The summed E-state index contributed by atoms with van der Waals surface area (Å²) in [7, 11) is 0. The van der Waals surface area contributed by atoms with Crippen LogP contribution in [0.25, 0.3) is 21.5 Å². The number of hydrogen-bond donors (Lipinski definition) is 0. The molecule has 0 saturated carbocycles. The molecular formula is C15H13N. The lowest BCUT2D eigenvalue weighted by molar-refractivity contribution is 1.36. The molecule has 3 aromatic rings. The molecule has 2 aromatic carbocycles. The SMILES string of the molecule is Cc1cc(C)c2cc3ccncc3cc2c1. The molecule has 0 unspecified atom stereocenters. The molecule has 3 rings (SSSR count). The van der Waals surface area contributed by atoms with Crippen molar-refractivity contribution in [2.75, 3.05) is 0 Å². The van der Waals surface area contributed by atoms with E-state index in [9.17, 15) is 0 Å². The Balaban J connectivity index is 2.51. The van der Waals surface area contributed by atoms with Gasteiger partial charge in [-0.1, -0.05) is 17.7 Å². The van der Waals surface area contributed by atoms with Crippen LogP contribution in [0.15, 0.2) is 42.7 Å². The van der Waals surface area contributed by atoms with Crippen LogP contribution in [0.4, 0.5) is 0 Å². The van der Waals surface area contributed by atoms with E-state index in [0.29, 0.717) is 0 Å². The van der Waals surface area contributed by atoms with E-state index in [1.165, 1.54) is 32.7 Å². The second-order valence-corrected chi connectivity index (χ2v) is 4.38. The number of fused-ring (bicyclic) bond motifs is 2. The minimum atomic E-state index is 1.21. The van der Waals surface area contributed by atoms with E-state index in [4.69, 9.17) is 0 Å².